The van der Waals surface area contributed by atoms with Crippen molar-refractivity contribution < 1.29 is 21.6 Å². The molecule has 0 bridgehead atoms. The van der Waals surface area contributed by atoms with E-state index >= 15 is 0 Å². The molecule has 0 amide bonds. The molecular formula is C15H14F3NO2S. The molecule has 0 aliphatic rings. The van der Waals surface area contributed by atoms with Gasteiger partial charge in [0.15, 0.2) is 9.84 Å². The maximum atomic E-state index is 13.1. The van der Waals surface area contributed by atoms with E-state index in [0.29, 0.717) is 0 Å². The first-order chi connectivity index (χ1) is 10.1. The van der Waals surface area contributed by atoms with Crippen molar-refractivity contribution >= 4 is 9.84 Å². The van der Waals surface area contributed by atoms with Crippen molar-refractivity contribution in [3.05, 3.63) is 53.6 Å². The molecular weight excluding hydrogens is 315 g/mol. The molecule has 22 heavy (non-hydrogen) atoms. The minimum Gasteiger partial charge on any atom is -0.326 e. The molecule has 0 aliphatic heterocycles. The molecule has 0 atom stereocenters. The average molecular weight is 329 g/mol. The number of hydrogen-bond acceptors (Lipinski definition) is 3. The summed E-state index contributed by atoms with van der Waals surface area (Å²) in [5.41, 5.74) is 4.88. The van der Waals surface area contributed by atoms with Gasteiger partial charge >= 0.3 is 6.18 Å². The fourth-order valence-electron chi connectivity index (χ4n) is 2.21. The molecule has 0 spiro atoms. The van der Waals surface area contributed by atoms with E-state index in [9.17, 15) is 21.6 Å². The summed E-state index contributed by atoms with van der Waals surface area (Å²) in [7, 11) is -3.55. The molecule has 7 heteroatoms. The molecule has 2 aromatic carbocycles. The van der Waals surface area contributed by atoms with Gasteiger partial charge in [-0.3, -0.25) is 0 Å². The van der Waals surface area contributed by atoms with Gasteiger partial charge in [-0.25, -0.2) is 8.42 Å². The first-order valence-electron chi connectivity index (χ1n) is 6.34. The summed E-state index contributed by atoms with van der Waals surface area (Å²) >= 11 is 0. The highest BCUT2D eigenvalue weighted by atomic mass is 32.2. The van der Waals surface area contributed by atoms with Crippen molar-refractivity contribution in [1.29, 1.82) is 0 Å². The number of benzene rings is 2. The molecule has 0 saturated carbocycles. The molecule has 118 valence electrons. The Morgan fingerprint density at radius 2 is 1.73 bits per heavy atom. The molecule has 2 N–H and O–H groups in total. The Balaban J connectivity index is 2.71. The first kappa shape index (κ1) is 16.5. The maximum absolute atomic E-state index is 13.1. The Labute approximate surface area is 126 Å². The SMILES string of the molecule is CS(=O)(=O)c1ccccc1-c1ccc(CN)c(C(F)(F)F)c1. The van der Waals surface area contributed by atoms with Gasteiger partial charge in [-0.05, 0) is 23.3 Å². The molecule has 0 radical (unpaired) electrons. The van der Waals surface area contributed by atoms with Crippen LogP contribution in [0.2, 0.25) is 0 Å². The predicted molar refractivity (Wildman–Crippen MR) is 77.9 cm³/mol. The summed E-state index contributed by atoms with van der Waals surface area (Å²) in [5, 5.41) is 0. The van der Waals surface area contributed by atoms with E-state index in [2.05, 4.69) is 0 Å². The van der Waals surface area contributed by atoms with Crippen molar-refractivity contribution in [2.24, 2.45) is 5.73 Å². The van der Waals surface area contributed by atoms with E-state index in [0.717, 1.165) is 12.3 Å². The Kier molecular flexibility index (Phi) is 4.30. The van der Waals surface area contributed by atoms with E-state index in [1.54, 1.807) is 6.07 Å². The maximum Gasteiger partial charge on any atom is 0.416 e. The van der Waals surface area contributed by atoms with Crippen LogP contribution in [-0.2, 0) is 22.6 Å². The number of nitrogens with two attached hydrogens (primary N) is 1. The number of hydrogen-bond donors (Lipinski definition) is 1. The van der Waals surface area contributed by atoms with Crippen molar-refractivity contribution in [2.75, 3.05) is 6.26 Å². The number of alkyl halides is 3. The van der Waals surface area contributed by atoms with Gasteiger partial charge < -0.3 is 5.73 Å². The Morgan fingerprint density at radius 1 is 1.09 bits per heavy atom. The van der Waals surface area contributed by atoms with E-state index in [1.165, 1.54) is 30.3 Å². The van der Waals surface area contributed by atoms with Crippen LogP contribution in [0.1, 0.15) is 11.1 Å². The van der Waals surface area contributed by atoms with Crippen LogP contribution < -0.4 is 5.73 Å². The van der Waals surface area contributed by atoms with Gasteiger partial charge in [-0.15, -0.1) is 0 Å². The van der Waals surface area contributed by atoms with Gasteiger partial charge in [0.05, 0.1) is 10.5 Å². The van der Waals surface area contributed by atoms with Gasteiger partial charge in [0.1, 0.15) is 0 Å². The fraction of sp³-hybridized carbons (Fsp3) is 0.200. The van der Waals surface area contributed by atoms with E-state index < -0.39 is 21.6 Å². The Morgan fingerprint density at radius 3 is 2.27 bits per heavy atom. The molecule has 0 fully saturated rings. The first-order valence-corrected chi connectivity index (χ1v) is 8.23. The number of rotatable bonds is 3. The Bertz CT molecular complexity index is 799. The lowest BCUT2D eigenvalue weighted by Crippen LogP contribution is -2.12. The minimum atomic E-state index is -4.55. The number of halogens is 3. The average Bonchev–Trinajstić information content (AvgIpc) is 2.45. The monoisotopic (exact) mass is 329 g/mol. The molecule has 3 nitrogen and oxygen atoms in total. The van der Waals surface area contributed by atoms with Crippen LogP contribution in [0, 0.1) is 0 Å². The minimum absolute atomic E-state index is 0.0105. The highest BCUT2D eigenvalue weighted by Gasteiger charge is 2.33. The summed E-state index contributed by atoms with van der Waals surface area (Å²) in [6.07, 6.45) is -3.53. The van der Waals surface area contributed by atoms with Crippen LogP contribution in [-0.4, -0.2) is 14.7 Å². The zero-order valence-corrected chi connectivity index (χ0v) is 12.5. The third-order valence-electron chi connectivity index (χ3n) is 3.23. The van der Waals surface area contributed by atoms with E-state index in [1.807, 2.05) is 0 Å². The summed E-state index contributed by atoms with van der Waals surface area (Å²) in [6.45, 7) is -0.247. The second-order valence-electron chi connectivity index (χ2n) is 4.84. The molecule has 2 rings (SSSR count). The summed E-state index contributed by atoms with van der Waals surface area (Å²) in [4.78, 5) is -0.0105. The second-order valence-corrected chi connectivity index (χ2v) is 6.83. The smallest absolute Gasteiger partial charge is 0.326 e. The largest absolute Gasteiger partial charge is 0.416 e. The lowest BCUT2D eigenvalue weighted by atomic mass is 9.98. The molecule has 0 heterocycles. The summed E-state index contributed by atoms with van der Waals surface area (Å²) in [6, 6.07) is 9.61. The Hall–Kier alpha value is -1.86. The fourth-order valence-corrected chi connectivity index (χ4v) is 3.13. The highest BCUT2D eigenvalue weighted by molar-refractivity contribution is 7.90. The summed E-state index contributed by atoms with van der Waals surface area (Å²) < 4.78 is 62.9. The molecule has 2 aromatic rings. The molecule has 0 saturated heterocycles. The van der Waals surface area contributed by atoms with Gasteiger partial charge in [0.25, 0.3) is 0 Å². The van der Waals surface area contributed by atoms with Crippen LogP contribution in [0.3, 0.4) is 0 Å². The molecule has 0 unspecified atom stereocenters. The van der Waals surface area contributed by atoms with Gasteiger partial charge in [0.2, 0.25) is 0 Å². The topological polar surface area (TPSA) is 60.2 Å². The quantitative estimate of drug-likeness (QED) is 0.940. The van der Waals surface area contributed by atoms with Crippen molar-refractivity contribution in [3.63, 3.8) is 0 Å². The molecule has 0 aliphatic carbocycles. The van der Waals surface area contributed by atoms with Gasteiger partial charge in [0, 0.05) is 18.4 Å². The van der Waals surface area contributed by atoms with Gasteiger partial charge in [-0.1, -0.05) is 30.3 Å². The van der Waals surface area contributed by atoms with E-state index in [4.69, 9.17) is 5.73 Å². The standard InChI is InChI=1S/C15H14F3NO2S/c1-22(20,21)14-5-3-2-4-12(14)10-6-7-11(9-19)13(8-10)15(16,17)18/h2-8H,9,19H2,1H3. The lowest BCUT2D eigenvalue weighted by Gasteiger charge is -2.15. The number of sulfone groups is 1. The van der Waals surface area contributed by atoms with Crippen LogP contribution in [0.25, 0.3) is 11.1 Å². The normalized spacial score (nSPS) is 12.4. The predicted octanol–water partition coefficient (Wildman–Crippen LogP) is 3.23. The van der Waals surface area contributed by atoms with Crippen LogP contribution >= 0.6 is 0 Å². The lowest BCUT2D eigenvalue weighted by molar-refractivity contribution is -0.138. The van der Waals surface area contributed by atoms with Crippen LogP contribution in [0.15, 0.2) is 47.4 Å². The third kappa shape index (κ3) is 3.31. The zero-order valence-electron chi connectivity index (χ0n) is 11.7. The third-order valence-corrected chi connectivity index (χ3v) is 4.39. The van der Waals surface area contributed by atoms with Gasteiger partial charge in [-0.2, -0.15) is 13.2 Å². The van der Waals surface area contributed by atoms with E-state index in [-0.39, 0.29) is 28.1 Å². The summed E-state index contributed by atoms with van der Waals surface area (Å²) in [5.74, 6) is 0. The van der Waals surface area contributed by atoms with Crippen LogP contribution in [0.4, 0.5) is 13.2 Å². The highest BCUT2D eigenvalue weighted by Crippen LogP contribution is 2.36. The van der Waals surface area contributed by atoms with Crippen molar-refractivity contribution in [2.45, 2.75) is 17.6 Å². The zero-order chi connectivity index (χ0) is 16.5. The molecule has 0 aromatic heterocycles. The van der Waals surface area contributed by atoms with Crippen molar-refractivity contribution in [1.82, 2.24) is 0 Å². The van der Waals surface area contributed by atoms with Crippen LogP contribution in [0.5, 0.6) is 0 Å². The second kappa shape index (κ2) is 5.73. The van der Waals surface area contributed by atoms with Crippen molar-refractivity contribution in [3.8, 4) is 11.1 Å².